The van der Waals surface area contributed by atoms with Gasteiger partial charge in [-0.2, -0.15) is 0 Å². The van der Waals surface area contributed by atoms with E-state index in [4.69, 9.17) is 0 Å². The van der Waals surface area contributed by atoms with E-state index in [1.165, 1.54) is 12.3 Å². The van der Waals surface area contributed by atoms with Crippen LogP contribution in [0.1, 0.15) is 45.1 Å². The minimum absolute atomic E-state index is 0.121. The molecule has 9 heteroatoms. The lowest BCUT2D eigenvalue weighted by atomic mass is 10.0. The van der Waals surface area contributed by atoms with Crippen molar-refractivity contribution >= 4 is 15.8 Å². The standard InChI is InChI=1S/C22H30F2N4O2S/c1-3-4-16(2)27-31(29,30)19-6-8-22(25-14-19)26-18-9-11-28(12-10-18)15-17-5-7-20(23)21(24)13-17/h5-8,13-14,16,18,27H,3-4,9-12,15H2,1-2H3,(H,25,26). The van der Waals surface area contributed by atoms with Crippen LogP contribution in [0, 0.1) is 11.6 Å². The van der Waals surface area contributed by atoms with Crippen molar-refractivity contribution in [1.82, 2.24) is 14.6 Å². The largest absolute Gasteiger partial charge is 0.367 e. The molecule has 2 heterocycles. The highest BCUT2D eigenvalue weighted by Gasteiger charge is 2.21. The third-order valence-electron chi connectivity index (χ3n) is 5.45. The fourth-order valence-electron chi connectivity index (χ4n) is 3.79. The van der Waals surface area contributed by atoms with E-state index >= 15 is 0 Å². The second-order valence-electron chi connectivity index (χ2n) is 8.13. The molecule has 0 amide bonds. The van der Waals surface area contributed by atoms with Crippen LogP contribution in [-0.2, 0) is 16.6 Å². The molecule has 1 aromatic carbocycles. The van der Waals surface area contributed by atoms with Crippen LogP contribution in [0.15, 0.2) is 41.4 Å². The van der Waals surface area contributed by atoms with Crippen molar-refractivity contribution in [2.45, 2.75) is 63.1 Å². The predicted octanol–water partition coefficient (Wildman–Crippen LogP) is 3.90. The van der Waals surface area contributed by atoms with Gasteiger partial charge in [-0.15, -0.1) is 0 Å². The molecule has 1 saturated heterocycles. The molecule has 1 aliphatic rings. The van der Waals surface area contributed by atoms with Crippen molar-refractivity contribution in [3.63, 3.8) is 0 Å². The van der Waals surface area contributed by atoms with Crippen LogP contribution >= 0.6 is 0 Å². The van der Waals surface area contributed by atoms with Crippen LogP contribution in [0.25, 0.3) is 0 Å². The zero-order valence-corrected chi connectivity index (χ0v) is 18.8. The van der Waals surface area contributed by atoms with Gasteiger partial charge in [-0.25, -0.2) is 26.9 Å². The first-order valence-corrected chi connectivity index (χ1v) is 12.2. The average molecular weight is 453 g/mol. The summed E-state index contributed by atoms with van der Waals surface area (Å²) in [5, 5.41) is 3.36. The molecule has 170 valence electrons. The van der Waals surface area contributed by atoms with Crippen molar-refractivity contribution in [1.29, 1.82) is 0 Å². The summed E-state index contributed by atoms with van der Waals surface area (Å²) in [4.78, 5) is 6.64. The van der Waals surface area contributed by atoms with Crippen LogP contribution < -0.4 is 10.0 Å². The maximum absolute atomic E-state index is 13.4. The number of nitrogens with one attached hydrogen (secondary N) is 2. The van der Waals surface area contributed by atoms with Gasteiger partial charge in [0.2, 0.25) is 10.0 Å². The summed E-state index contributed by atoms with van der Waals surface area (Å²) in [7, 11) is -3.57. The molecule has 1 unspecified atom stereocenters. The normalized spacial score (nSPS) is 16.9. The van der Waals surface area contributed by atoms with Gasteiger partial charge in [0.25, 0.3) is 0 Å². The van der Waals surface area contributed by atoms with Crippen LogP contribution in [-0.4, -0.2) is 43.5 Å². The number of sulfonamides is 1. The zero-order chi connectivity index (χ0) is 22.4. The fourth-order valence-corrected chi connectivity index (χ4v) is 5.01. The number of anilines is 1. The first-order chi connectivity index (χ1) is 14.8. The minimum Gasteiger partial charge on any atom is -0.367 e. The summed E-state index contributed by atoms with van der Waals surface area (Å²) >= 11 is 0. The molecule has 1 aliphatic heterocycles. The first-order valence-electron chi connectivity index (χ1n) is 10.7. The van der Waals surface area contributed by atoms with E-state index in [0.717, 1.165) is 50.4 Å². The summed E-state index contributed by atoms with van der Waals surface area (Å²) in [5.74, 6) is -1.01. The van der Waals surface area contributed by atoms with Gasteiger partial charge in [0.05, 0.1) is 0 Å². The number of hydrogen-bond acceptors (Lipinski definition) is 5. The number of benzene rings is 1. The van der Waals surface area contributed by atoms with Crippen LogP contribution in [0.4, 0.5) is 14.6 Å². The lowest BCUT2D eigenvalue weighted by Crippen LogP contribution is -2.38. The van der Waals surface area contributed by atoms with E-state index in [-0.39, 0.29) is 17.0 Å². The van der Waals surface area contributed by atoms with Crippen molar-refractivity contribution in [2.24, 2.45) is 0 Å². The van der Waals surface area contributed by atoms with Crippen molar-refractivity contribution in [3.8, 4) is 0 Å². The van der Waals surface area contributed by atoms with E-state index in [0.29, 0.717) is 12.4 Å². The first kappa shape index (κ1) is 23.6. The molecule has 0 saturated carbocycles. The number of likely N-dealkylation sites (tertiary alicyclic amines) is 1. The highest BCUT2D eigenvalue weighted by molar-refractivity contribution is 7.89. The smallest absolute Gasteiger partial charge is 0.242 e. The lowest BCUT2D eigenvalue weighted by Gasteiger charge is -2.32. The molecule has 0 radical (unpaired) electrons. The van der Waals surface area contributed by atoms with E-state index < -0.39 is 21.7 Å². The van der Waals surface area contributed by atoms with Gasteiger partial charge in [-0.05, 0) is 56.0 Å². The second-order valence-corrected chi connectivity index (χ2v) is 9.85. The van der Waals surface area contributed by atoms with Gasteiger partial charge in [0.1, 0.15) is 10.7 Å². The number of hydrogen-bond donors (Lipinski definition) is 2. The Bertz CT molecular complexity index is 962. The Labute approximate surface area is 183 Å². The Kier molecular flexibility index (Phi) is 7.96. The van der Waals surface area contributed by atoms with Crippen molar-refractivity contribution < 1.29 is 17.2 Å². The maximum Gasteiger partial charge on any atom is 0.242 e. The number of pyridine rings is 1. The Balaban J connectivity index is 1.49. The highest BCUT2D eigenvalue weighted by Crippen LogP contribution is 2.19. The van der Waals surface area contributed by atoms with E-state index in [2.05, 4.69) is 19.9 Å². The average Bonchev–Trinajstić information content (AvgIpc) is 2.72. The summed E-state index contributed by atoms with van der Waals surface area (Å²) in [5.41, 5.74) is 0.755. The number of nitrogens with zero attached hydrogens (tertiary/aromatic N) is 2. The molecule has 0 aliphatic carbocycles. The van der Waals surface area contributed by atoms with Gasteiger partial charge in [-0.3, -0.25) is 4.90 Å². The summed E-state index contributed by atoms with van der Waals surface area (Å²) in [6.45, 7) is 6.09. The number of halogens is 2. The van der Waals surface area contributed by atoms with Crippen LogP contribution in [0.2, 0.25) is 0 Å². The third kappa shape index (κ3) is 6.69. The Morgan fingerprint density at radius 1 is 1.16 bits per heavy atom. The molecule has 1 atom stereocenters. The Morgan fingerprint density at radius 3 is 2.52 bits per heavy atom. The zero-order valence-electron chi connectivity index (χ0n) is 17.9. The summed E-state index contributed by atoms with van der Waals surface area (Å²) in [6, 6.07) is 7.37. The molecule has 0 spiro atoms. The Hall–Kier alpha value is -2.10. The molecule has 6 nitrogen and oxygen atoms in total. The van der Waals surface area contributed by atoms with E-state index in [1.54, 1.807) is 18.2 Å². The summed E-state index contributed by atoms with van der Waals surface area (Å²) in [6.07, 6.45) is 4.82. The molecule has 2 aromatic rings. The van der Waals surface area contributed by atoms with E-state index in [9.17, 15) is 17.2 Å². The second kappa shape index (κ2) is 10.5. The monoisotopic (exact) mass is 452 g/mol. The molecular formula is C22H30F2N4O2S. The van der Waals surface area contributed by atoms with Crippen molar-refractivity contribution in [3.05, 3.63) is 53.7 Å². The van der Waals surface area contributed by atoms with Gasteiger partial charge in [-0.1, -0.05) is 19.4 Å². The molecule has 3 rings (SSSR count). The topological polar surface area (TPSA) is 74.3 Å². The number of rotatable bonds is 9. The molecule has 1 aromatic heterocycles. The van der Waals surface area contributed by atoms with Crippen LogP contribution in [0.5, 0.6) is 0 Å². The van der Waals surface area contributed by atoms with Gasteiger partial charge < -0.3 is 5.32 Å². The molecule has 0 bridgehead atoms. The molecule has 1 fully saturated rings. The predicted molar refractivity (Wildman–Crippen MR) is 117 cm³/mol. The fraction of sp³-hybridized carbons (Fsp3) is 0.500. The van der Waals surface area contributed by atoms with E-state index in [1.807, 2.05) is 13.8 Å². The molecule has 2 N–H and O–H groups in total. The van der Waals surface area contributed by atoms with Gasteiger partial charge >= 0.3 is 0 Å². The highest BCUT2D eigenvalue weighted by atomic mass is 32.2. The lowest BCUT2D eigenvalue weighted by molar-refractivity contribution is 0.211. The molecular weight excluding hydrogens is 422 g/mol. The SMILES string of the molecule is CCCC(C)NS(=O)(=O)c1ccc(NC2CCN(Cc3ccc(F)c(F)c3)CC2)nc1. The summed E-state index contributed by atoms with van der Waals surface area (Å²) < 4.78 is 54.0. The van der Waals surface area contributed by atoms with Gasteiger partial charge in [0.15, 0.2) is 11.6 Å². The Morgan fingerprint density at radius 2 is 1.90 bits per heavy atom. The number of aromatic nitrogens is 1. The quantitative estimate of drug-likeness (QED) is 0.604. The molecule has 31 heavy (non-hydrogen) atoms. The minimum atomic E-state index is -3.57. The maximum atomic E-state index is 13.4. The third-order valence-corrected chi connectivity index (χ3v) is 7.03. The van der Waals surface area contributed by atoms with Crippen LogP contribution in [0.3, 0.4) is 0 Å². The number of piperidine rings is 1. The van der Waals surface area contributed by atoms with Gasteiger partial charge in [0, 0.05) is 37.9 Å². The van der Waals surface area contributed by atoms with Crippen molar-refractivity contribution in [2.75, 3.05) is 18.4 Å².